The summed E-state index contributed by atoms with van der Waals surface area (Å²) >= 11 is 0. The molecule has 1 aromatic rings. The van der Waals surface area contributed by atoms with Gasteiger partial charge in [0.05, 0.1) is 18.8 Å². The van der Waals surface area contributed by atoms with Gasteiger partial charge in [0, 0.05) is 18.3 Å². The lowest BCUT2D eigenvalue weighted by molar-refractivity contribution is -0.119. The zero-order valence-electron chi connectivity index (χ0n) is 11.7. The lowest BCUT2D eigenvalue weighted by Crippen LogP contribution is -2.39. The molecule has 20 heavy (non-hydrogen) atoms. The van der Waals surface area contributed by atoms with Crippen LogP contribution in [0.2, 0.25) is 0 Å². The molecule has 5 heteroatoms. The van der Waals surface area contributed by atoms with Crippen molar-refractivity contribution in [1.82, 2.24) is 4.90 Å². The van der Waals surface area contributed by atoms with Crippen molar-refractivity contribution in [2.45, 2.75) is 19.3 Å². The molecule has 2 heterocycles. The Balaban J connectivity index is 1.80. The monoisotopic (exact) mass is 275 g/mol. The van der Waals surface area contributed by atoms with E-state index in [1.54, 1.807) is 6.07 Å². The summed E-state index contributed by atoms with van der Waals surface area (Å²) in [5.74, 6) is 0.876. The van der Waals surface area contributed by atoms with Crippen molar-refractivity contribution in [2.75, 3.05) is 43.4 Å². The van der Waals surface area contributed by atoms with E-state index >= 15 is 0 Å². The molecule has 1 fully saturated rings. The third kappa shape index (κ3) is 2.72. The molecule has 5 nitrogen and oxygen atoms in total. The summed E-state index contributed by atoms with van der Waals surface area (Å²) in [6, 6.07) is 5.51. The van der Waals surface area contributed by atoms with E-state index in [-0.39, 0.29) is 5.91 Å². The third-order valence-corrected chi connectivity index (χ3v) is 3.92. The van der Waals surface area contributed by atoms with Crippen LogP contribution >= 0.6 is 0 Å². The van der Waals surface area contributed by atoms with Gasteiger partial charge in [-0.05, 0) is 44.5 Å². The van der Waals surface area contributed by atoms with E-state index in [0.29, 0.717) is 25.4 Å². The zero-order chi connectivity index (χ0) is 13.9. The Bertz CT molecular complexity index is 498. The number of nitrogen functional groups attached to an aromatic ring is 1. The first-order valence-corrected chi connectivity index (χ1v) is 7.29. The van der Waals surface area contributed by atoms with Gasteiger partial charge in [0.15, 0.2) is 0 Å². The summed E-state index contributed by atoms with van der Waals surface area (Å²) in [7, 11) is 0. The topological polar surface area (TPSA) is 58.8 Å². The molecule has 0 unspecified atom stereocenters. The van der Waals surface area contributed by atoms with Crippen molar-refractivity contribution in [3.8, 4) is 5.75 Å². The second-order valence-corrected chi connectivity index (χ2v) is 5.46. The Morgan fingerprint density at radius 3 is 2.80 bits per heavy atom. The summed E-state index contributed by atoms with van der Waals surface area (Å²) in [5.41, 5.74) is 7.31. The molecule has 2 aliphatic rings. The lowest BCUT2D eigenvalue weighted by atomic mass is 10.2. The number of rotatable bonds is 2. The van der Waals surface area contributed by atoms with E-state index in [0.717, 1.165) is 30.9 Å². The van der Waals surface area contributed by atoms with Crippen molar-refractivity contribution >= 4 is 17.3 Å². The van der Waals surface area contributed by atoms with Gasteiger partial charge < -0.3 is 15.4 Å². The number of amides is 1. The Labute approximate surface area is 119 Å². The van der Waals surface area contributed by atoms with Gasteiger partial charge in [0.25, 0.3) is 0 Å². The van der Waals surface area contributed by atoms with Gasteiger partial charge in [0.2, 0.25) is 5.91 Å². The van der Waals surface area contributed by atoms with Crippen LogP contribution < -0.4 is 15.4 Å². The molecule has 0 aromatic heterocycles. The molecule has 1 amide bonds. The number of benzene rings is 1. The van der Waals surface area contributed by atoms with Gasteiger partial charge in [-0.15, -0.1) is 0 Å². The zero-order valence-corrected chi connectivity index (χ0v) is 11.7. The predicted molar refractivity (Wildman–Crippen MR) is 79.0 cm³/mol. The van der Waals surface area contributed by atoms with E-state index in [1.165, 1.54) is 12.8 Å². The van der Waals surface area contributed by atoms with Crippen molar-refractivity contribution in [2.24, 2.45) is 0 Å². The normalized spacial score (nSPS) is 19.3. The molecular weight excluding hydrogens is 254 g/mol. The molecule has 0 bridgehead atoms. The van der Waals surface area contributed by atoms with Crippen molar-refractivity contribution in [3.63, 3.8) is 0 Å². The molecule has 1 aromatic carbocycles. The molecule has 3 rings (SSSR count). The van der Waals surface area contributed by atoms with Crippen LogP contribution in [0.15, 0.2) is 18.2 Å². The van der Waals surface area contributed by atoms with Crippen molar-refractivity contribution in [3.05, 3.63) is 18.2 Å². The van der Waals surface area contributed by atoms with E-state index in [1.807, 2.05) is 17.0 Å². The first-order chi connectivity index (χ1) is 9.74. The maximum absolute atomic E-state index is 12.6. The average Bonchev–Trinajstić information content (AvgIpc) is 2.84. The molecular formula is C15H21N3O2. The number of carbonyl (C=O) groups excluding carboxylic acids is 1. The number of ether oxygens (including phenoxy) is 1. The highest BCUT2D eigenvalue weighted by Gasteiger charge is 2.24. The van der Waals surface area contributed by atoms with Gasteiger partial charge in [-0.25, -0.2) is 0 Å². The van der Waals surface area contributed by atoms with Crippen molar-refractivity contribution < 1.29 is 9.53 Å². The van der Waals surface area contributed by atoms with Gasteiger partial charge in [0.1, 0.15) is 5.75 Å². The number of hydrogen-bond donors (Lipinski definition) is 1. The third-order valence-electron chi connectivity index (χ3n) is 3.92. The Kier molecular flexibility index (Phi) is 3.78. The van der Waals surface area contributed by atoms with Crippen LogP contribution in [-0.2, 0) is 4.79 Å². The molecule has 1 saturated heterocycles. The quantitative estimate of drug-likeness (QED) is 0.831. The smallest absolute Gasteiger partial charge is 0.241 e. The van der Waals surface area contributed by atoms with E-state index < -0.39 is 0 Å². The highest BCUT2D eigenvalue weighted by Crippen LogP contribution is 2.33. The van der Waals surface area contributed by atoms with E-state index in [9.17, 15) is 4.79 Å². The number of fused-ring (bicyclic) bond motifs is 1. The Morgan fingerprint density at radius 2 is 2.00 bits per heavy atom. The number of nitrogens with two attached hydrogens (primary N) is 1. The summed E-state index contributed by atoms with van der Waals surface area (Å²) in [4.78, 5) is 16.6. The molecule has 2 N–H and O–H groups in total. The highest BCUT2D eigenvalue weighted by molar-refractivity contribution is 5.96. The van der Waals surface area contributed by atoms with Gasteiger partial charge in [-0.1, -0.05) is 0 Å². The fourth-order valence-electron chi connectivity index (χ4n) is 2.87. The minimum atomic E-state index is 0.156. The lowest BCUT2D eigenvalue weighted by Gasteiger charge is -2.24. The number of carbonyl (C=O) groups is 1. The van der Waals surface area contributed by atoms with Crippen LogP contribution in [0.3, 0.4) is 0 Å². The van der Waals surface area contributed by atoms with Crippen LogP contribution in [0.1, 0.15) is 19.3 Å². The standard InChI is InChI=1S/C15H21N3O2/c16-12-4-5-13-14(10-12)20-9-3-8-18(13)15(19)11-17-6-1-2-7-17/h4-5,10H,1-3,6-9,11,16H2. The molecule has 0 saturated carbocycles. The van der Waals surface area contributed by atoms with Crippen LogP contribution in [0.4, 0.5) is 11.4 Å². The predicted octanol–water partition coefficient (Wildman–Crippen LogP) is 1.48. The fourth-order valence-corrected chi connectivity index (χ4v) is 2.87. The first kappa shape index (κ1) is 13.2. The van der Waals surface area contributed by atoms with Gasteiger partial charge >= 0.3 is 0 Å². The molecule has 108 valence electrons. The average molecular weight is 275 g/mol. The molecule has 2 aliphatic heterocycles. The van der Waals surface area contributed by atoms with Crippen LogP contribution in [-0.4, -0.2) is 43.6 Å². The van der Waals surface area contributed by atoms with Gasteiger partial charge in [-0.3, -0.25) is 9.69 Å². The Morgan fingerprint density at radius 1 is 1.20 bits per heavy atom. The largest absolute Gasteiger partial charge is 0.491 e. The minimum Gasteiger partial charge on any atom is -0.491 e. The van der Waals surface area contributed by atoms with Crippen LogP contribution in [0.5, 0.6) is 5.75 Å². The summed E-state index contributed by atoms with van der Waals surface area (Å²) in [6.45, 7) is 3.91. The summed E-state index contributed by atoms with van der Waals surface area (Å²) < 4.78 is 5.69. The molecule has 0 aliphatic carbocycles. The van der Waals surface area contributed by atoms with Crippen molar-refractivity contribution in [1.29, 1.82) is 0 Å². The maximum atomic E-state index is 12.6. The summed E-state index contributed by atoms with van der Waals surface area (Å²) in [6.07, 6.45) is 3.24. The summed E-state index contributed by atoms with van der Waals surface area (Å²) in [5, 5.41) is 0. The SMILES string of the molecule is Nc1ccc2c(c1)OCCCN2C(=O)CN1CCCC1. The minimum absolute atomic E-state index is 0.156. The second kappa shape index (κ2) is 5.71. The van der Waals surface area contributed by atoms with E-state index in [4.69, 9.17) is 10.5 Å². The molecule has 0 spiro atoms. The number of hydrogen-bond acceptors (Lipinski definition) is 4. The molecule has 0 atom stereocenters. The van der Waals surface area contributed by atoms with Crippen LogP contribution in [0.25, 0.3) is 0 Å². The fraction of sp³-hybridized carbons (Fsp3) is 0.533. The van der Waals surface area contributed by atoms with Gasteiger partial charge in [-0.2, -0.15) is 0 Å². The van der Waals surface area contributed by atoms with E-state index in [2.05, 4.69) is 4.90 Å². The number of nitrogens with zero attached hydrogens (tertiary/aromatic N) is 2. The number of likely N-dealkylation sites (tertiary alicyclic amines) is 1. The first-order valence-electron chi connectivity index (χ1n) is 7.29. The van der Waals surface area contributed by atoms with Crippen LogP contribution in [0, 0.1) is 0 Å². The second-order valence-electron chi connectivity index (χ2n) is 5.46. The Hall–Kier alpha value is -1.75. The molecule has 0 radical (unpaired) electrons. The number of anilines is 2. The maximum Gasteiger partial charge on any atom is 0.241 e. The highest BCUT2D eigenvalue weighted by atomic mass is 16.5.